The van der Waals surface area contributed by atoms with Crippen LogP contribution >= 0.6 is 0 Å². The van der Waals surface area contributed by atoms with E-state index in [9.17, 15) is 0 Å². The zero-order valence-electron chi connectivity index (χ0n) is 26.1. The van der Waals surface area contributed by atoms with Gasteiger partial charge in [-0.3, -0.25) is 0 Å². The van der Waals surface area contributed by atoms with Gasteiger partial charge in [0.25, 0.3) is 0 Å². The highest BCUT2D eigenvalue weighted by Crippen LogP contribution is 2.55. The van der Waals surface area contributed by atoms with Gasteiger partial charge in [0.1, 0.15) is 0 Å². The van der Waals surface area contributed by atoms with Crippen molar-refractivity contribution in [1.82, 2.24) is 4.57 Å². The second-order valence-corrected chi connectivity index (χ2v) is 13.6. The van der Waals surface area contributed by atoms with Crippen molar-refractivity contribution < 1.29 is 4.74 Å². The molecule has 1 aromatic heterocycles. The Balaban J connectivity index is 1.32. The van der Waals surface area contributed by atoms with Crippen LogP contribution in [0.15, 0.2) is 127 Å². The summed E-state index contributed by atoms with van der Waals surface area (Å²) in [5.74, 6) is 1.69. The normalized spacial score (nSPS) is 14.4. The average Bonchev–Trinajstić information content (AvgIpc) is 3.57. The molecule has 219 valence electrons. The summed E-state index contributed by atoms with van der Waals surface area (Å²) in [5, 5.41) is 8.89. The van der Waals surface area contributed by atoms with Crippen molar-refractivity contribution in [2.24, 2.45) is 0 Å². The standard InChI is InChI=1S/C43H28BN2O/c1-43(2)31-16-6-5-13-26(31)30-23-34-39(37(38(30)43)29-15-10-20-36-40(29)45-33-18-7-8-19-35(33)47-36)44-32-17-9-14-27-28-22-21-24-11-3-4-12-25(24)41(28)46(34)42(27)32/h3-23,45H,1-2H3. The molecule has 11 rings (SSSR count). The molecule has 4 heteroatoms. The molecule has 1 aliphatic carbocycles. The number of anilines is 2. The SMILES string of the molecule is CC1(C)c2ccccc2-c2cc3c(c(-c4cccc5c4Nc4ccccc4O5)c21)[B]c1cccc2c4ccc5ccccc5c4n-3c12. The van der Waals surface area contributed by atoms with Crippen molar-refractivity contribution in [3.8, 4) is 39.4 Å². The number of nitrogens with one attached hydrogen (secondary N) is 1. The summed E-state index contributed by atoms with van der Waals surface area (Å²) in [5.41, 5.74) is 15.8. The molecule has 1 N–H and O–H groups in total. The van der Waals surface area contributed by atoms with E-state index in [2.05, 4.69) is 146 Å². The summed E-state index contributed by atoms with van der Waals surface area (Å²) >= 11 is 0. The third-order valence-corrected chi connectivity index (χ3v) is 10.8. The molecule has 3 nitrogen and oxygen atoms in total. The quantitative estimate of drug-likeness (QED) is 0.190. The van der Waals surface area contributed by atoms with Gasteiger partial charge in [0.15, 0.2) is 18.8 Å². The summed E-state index contributed by atoms with van der Waals surface area (Å²) in [4.78, 5) is 0. The molecular formula is C43H28BN2O. The van der Waals surface area contributed by atoms with Crippen LogP contribution in [-0.2, 0) is 5.41 Å². The largest absolute Gasteiger partial charge is 0.453 e. The predicted octanol–water partition coefficient (Wildman–Crippen LogP) is 9.73. The van der Waals surface area contributed by atoms with Crippen LogP contribution in [0, 0.1) is 0 Å². The van der Waals surface area contributed by atoms with Gasteiger partial charge in [-0.05, 0) is 62.9 Å². The maximum absolute atomic E-state index is 6.54. The van der Waals surface area contributed by atoms with Gasteiger partial charge in [0.05, 0.1) is 16.9 Å². The van der Waals surface area contributed by atoms with E-state index < -0.39 is 0 Å². The Morgan fingerprint density at radius 2 is 1.38 bits per heavy atom. The molecule has 2 aliphatic heterocycles. The molecule has 8 aromatic rings. The Bertz CT molecular complexity index is 2700. The first-order valence-corrected chi connectivity index (χ1v) is 16.4. The van der Waals surface area contributed by atoms with E-state index in [1.165, 1.54) is 77.0 Å². The summed E-state index contributed by atoms with van der Waals surface area (Å²) in [6.45, 7) is 4.77. The molecule has 0 amide bonds. The fraction of sp³-hybridized carbons (Fsp3) is 0.0698. The number of aromatic nitrogens is 1. The van der Waals surface area contributed by atoms with Gasteiger partial charge in [0.2, 0.25) is 0 Å². The topological polar surface area (TPSA) is 26.2 Å². The fourth-order valence-corrected chi connectivity index (χ4v) is 8.79. The van der Waals surface area contributed by atoms with Crippen molar-refractivity contribution in [3.05, 3.63) is 139 Å². The number of hydrogen-bond donors (Lipinski definition) is 1. The van der Waals surface area contributed by atoms with E-state index >= 15 is 0 Å². The lowest BCUT2D eigenvalue weighted by Gasteiger charge is -2.32. The first kappa shape index (κ1) is 25.5. The molecule has 0 saturated heterocycles. The molecule has 0 spiro atoms. The minimum Gasteiger partial charge on any atom is -0.453 e. The lowest BCUT2D eigenvalue weighted by molar-refractivity contribution is 0.481. The predicted molar refractivity (Wildman–Crippen MR) is 196 cm³/mol. The molecule has 0 saturated carbocycles. The molecule has 1 radical (unpaired) electrons. The van der Waals surface area contributed by atoms with Crippen molar-refractivity contribution in [2.45, 2.75) is 19.3 Å². The Hall–Kier alpha value is -5.74. The van der Waals surface area contributed by atoms with E-state index in [-0.39, 0.29) is 5.41 Å². The average molecular weight is 600 g/mol. The van der Waals surface area contributed by atoms with Gasteiger partial charge in [0, 0.05) is 38.3 Å². The Kier molecular flexibility index (Phi) is 4.74. The minimum atomic E-state index is -0.210. The van der Waals surface area contributed by atoms with Gasteiger partial charge < -0.3 is 14.6 Å². The molecule has 0 unspecified atom stereocenters. The molecular weight excluding hydrogens is 571 g/mol. The summed E-state index contributed by atoms with van der Waals surface area (Å²) in [6, 6.07) is 46.3. The number of rotatable bonds is 1. The molecule has 0 fully saturated rings. The maximum atomic E-state index is 6.54. The van der Waals surface area contributed by atoms with Crippen LogP contribution in [0.25, 0.3) is 60.5 Å². The van der Waals surface area contributed by atoms with Crippen LogP contribution in [0.2, 0.25) is 0 Å². The number of ether oxygens (including phenoxy) is 1. The number of hydrogen-bond acceptors (Lipinski definition) is 2. The van der Waals surface area contributed by atoms with E-state index in [1.54, 1.807) is 0 Å². The van der Waals surface area contributed by atoms with Crippen molar-refractivity contribution >= 4 is 62.2 Å². The van der Waals surface area contributed by atoms with E-state index in [0.717, 1.165) is 28.4 Å². The van der Waals surface area contributed by atoms with Gasteiger partial charge in [-0.15, -0.1) is 0 Å². The van der Waals surface area contributed by atoms with Crippen LogP contribution in [-0.4, -0.2) is 11.8 Å². The van der Waals surface area contributed by atoms with Gasteiger partial charge >= 0.3 is 0 Å². The summed E-state index contributed by atoms with van der Waals surface area (Å²) in [6.07, 6.45) is 0. The van der Waals surface area contributed by atoms with E-state index in [1.807, 2.05) is 12.1 Å². The maximum Gasteiger partial charge on any atom is 0.197 e. The van der Waals surface area contributed by atoms with Crippen LogP contribution < -0.4 is 21.0 Å². The molecule has 7 aromatic carbocycles. The molecule has 3 aliphatic rings. The molecule has 0 bridgehead atoms. The van der Waals surface area contributed by atoms with Gasteiger partial charge in [-0.2, -0.15) is 0 Å². The zero-order chi connectivity index (χ0) is 31.0. The number of fused-ring (bicyclic) bond motifs is 12. The number of benzene rings is 7. The number of nitrogens with zero attached hydrogens (tertiary/aromatic N) is 1. The smallest absolute Gasteiger partial charge is 0.197 e. The summed E-state index contributed by atoms with van der Waals surface area (Å²) < 4.78 is 9.09. The van der Waals surface area contributed by atoms with Gasteiger partial charge in [-0.1, -0.05) is 122 Å². The highest BCUT2D eigenvalue weighted by Gasteiger charge is 2.41. The van der Waals surface area contributed by atoms with Crippen LogP contribution in [0.1, 0.15) is 25.0 Å². The second-order valence-electron chi connectivity index (χ2n) is 13.6. The van der Waals surface area contributed by atoms with Crippen molar-refractivity contribution in [1.29, 1.82) is 0 Å². The summed E-state index contributed by atoms with van der Waals surface area (Å²) in [7, 11) is 2.43. The monoisotopic (exact) mass is 599 g/mol. The zero-order valence-corrected chi connectivity index (χ0v) is 26.1. The van der Waals surface area contributed by atoms with Crippen LogP contribution in [0.5, 0.6) is 11.5 Å². The van der Waals surface area contributed by atoms with Crippen LogP contribution in [0.3, 0.4) is 0 Å². The number of para-hydroxylation sites is 4. The minimum absolute atomic E-state index is 0.210. The van der Waals surface area contributed by atoms with Crippen LogP contribution in [0.4, 0.5) is 11.4 Å². The van der Waals surface area contributed by atoms with Crippen molar-refractivity contribution in [3.63, 3.8) is 0 Å². The molecule has 0 atom stereocenters. The second kappa shape index (κ2) is 8.74. The third-order valence-electron chi connectivity index (χ3n) is 10.8. The Labute approximate surface area is 273 Å². The lowest BCUT2D eigenvalue weighted by Crippen LogP contribution is -2.38. The van der Waals surface area contributed by atoms with Crippen molar-refractivity contribution in [2.75, 3.05) is 5.32 Å². The molecule has 47 heavy (non-hydrogen) atoms. The first-order valence-electron chi connectivity index (χ1n) is 16.4. The highest BCUT2D eigenvalue weighted by atomic mass is 16.5. The fourth-order valence-electron chi connectivity index (χ4n) is 8.79. The third kappa shape index (κ3) is 3.18. The lowest BCUT2D eigenvalue weighted by atomic mass is 9.57. The Morgan fingerprint density at radius 3 is 2.34 bits per heavy atom. The molecule has 3 heterocycles. The van der Waals surface area contributed by atoms with Gasteiger partial charge in [-0.25, -0.2) is 0 Å². The Morgan fingerprint density at radius 1 is 0.638 bits per heavy atom. The van der Waals surface area contributed by atoms with E-state index in [0.29, 0.717) is 0 Å². The first-order chi connectivity index (χ1) is 23.1. The van der Waals surface area contributed by atoms with E-state index in [4.69, 9.17) is 4.74 Å². The highest BCUT2D eigenvalue weighted by molar-refractivity contribution is 6.73.